The lowest BCUT2D eigenvalue weighted by molar-refractivity contribution is -0.139. The third kappa shape index (κ3) is 1.92. The largest absolute Gasteiger partial charge is 0.480 e. The van der Waals surface area contributed by atoms with Crippen molar-refractivity contribution >= 4 is 12.0 Å². The highest BCUT2D eigenvalue weighted by atomic mass is 16.4. The number of aliphatic carboxylic acids is 1. The van der Waals surface area contributed by atoms with Gasteiger partial charge in [-0.25, -0.2) is 0 Å². The molecule has 1 aliphatic rings. The van der Waals surface area contributed by atoms with Gasteiger partial charge in [0.05, 0.1) is 6.04 Å². The summed E-state index contributed by atoms with van der Waals surface area (Å²) in [5.74, 6) is -0.826. The lowest BCUT2D eigenvalue weighted by Crippen LogP contribution is -2.35. The highest BCUT2D eigenvalue weighted by Gasteiger charge is 2.20. The number of carboxylic acid groups (broad SMARTS) is 1. The van der Waals surface area contributed by atoms with E-state index < -0.39 is 12.0 Å². The monoisotopic (exact) mass is 203 g/mol. The van der Waals surface area contributed by atoms with E-state index >= 15 is 0 Å². The van der Waals surface area contributed by atoms with Gasteiger partial charge in [0.1, 0.15) is 6.04 Å². The number of nitrogens with one attached hydrogen (secondary N) is 1. The number of carboxylic acids is 1. The molecule has 1 aliphatic carbocycles. The van der Waals surface area contributed by atoms with Gasteiger partial charge in [0.15, 0.2) is 0 Å². The normalized spacial score (nSPS) is 19.9. The van der Waals surface area contributed by atoms with Gasteiger partial charge in [-0.3, -0.25) is 10.1 Å². The summed E-state index contributed by atoms with van der Waals surface area (Å²) in [6.07, 6.45) is 4.01. The molecule has 15 heavy (non-hydrogen) atoms. The number of hydrogen-bond acceptors (Lipinski definition) is 2. The molecule has 0 amide bonds. The number of fused-ring (bicyclic) bond motifs is 1. The van der Waals surface area contributed by atoms with Gasteiger partial charge in [-0.1, -0.05) is 36.4 Å². The van der Waals surface area contributed by atoms with Crippen molar-refractivity contribution in [3.05, 3.63) is 41.5 Å². The molecule has 0 heterocycles. The smallest absolute Gasteiger partial charge is 0.320 e. The SMILES string of the molecule is CC(NC1C=Cc2ccccc21)C(=O)O. The zero-order chi connectivity index (χ0) is 10.8. The Bertz CT molecular complexity index is 412. The molecule has 3 nitrogen and oxygen atoms in total. The van der Waals surface area contributed by atoms with Crippen LogP contribution in [-0.4, -0.2) is 17.1 Å². The van der Waals surface area contributed by atoms with Crippen LogP contribution < -0.4 is 5.32 Å². The van der Waals surface area contributed by atoms with Gasteiger partial charge in [0.25, 0.3) is 0 Å². The van der Waals surface area contributed by atoms with Crippen LogP contribution in [-0.2, 0) is 4.79 Å². The first kappa shape index (κ1) is 9.93. The number of benzene rings is 1. The summed E-state index contributed by atoms with van der Waals surface area (Å²) < 4.78 is 0. The molecule has 0 fully saturated rings. The van der Waals surface area contributed by atoms with E-state index in [9.17, 15) is 4.79 Å². The van der Waals surface area contributed by atoms with E-state index in [1.54, 1.807) is 6.92 Å². The first-order valence-electron chi connectivity index (χ1n) is 4.94. The van der Waals surface area contributed by atoms with Gasteiger partial charge in [0.2, 0.25) is 0 Å². The second-order valence-electron chi connectivity index (χ2n) is 3.69. The van der Waals surface area contributed by atoms with Crippen molar-refractivity contribution in [3.8, 4) is 0 Å². The Balaban J connectivity index is 2.15. The fourth-order valence-corrected chi connectivity index (χ4v) is 1.74. The van der Waals surface area contributed by atoms with Crippen molar-refractivity contribution in [1.82, 2.24) is 5.32 Å². The second kappa shape index (κ2) is 3.87. The fourth-order valence-electron chi connectivity index (χ4n) is 1.74. The Kier molecular flexibility index (Phi) is 2.56. The van der Waals surface area contributed by atoms with Crippen molar-refractivity contribution in [2.45, 2.75) is 19.0 Å². The van der Waals surface area contributed by atoms with Crippen molar-refractivity contribution in [2.24, 2.45) is 0 Å². The lowest BCUT2D eigenvalue weighted by atomic mass is 10.1. The van der Waals surface area contributed by atoms with Gasteiger partial charge in [-0.2, -0.15) is 0 Å². The predicted octanol–water partition coefficient (Wildman–Crippen LogP) is 1.82. The van der Waals surface area contributed by atoms with Crippen LogP contribution in [0.4, 0.5) is 0 Å². The molecule has 0 saturated carbocycles. The standard InChI is InChI=1S/C12H13NO2/c1-8(12(14)15)13-11-7-6-9-4-2-3-5-10(9)11/h2-8,11,13H,1H3,(H,14,15). The molecule has 0 aromatic heterocycles. The topological polar surface area (TPSA) is 49.3 Å². The first-order chi connectivity index (χ1) is 7.18. The third-order valence-corrected chi connectivity index (χ3v) is 2.60. The molecule has 1 aromatic carbocycles. The summed E-state index contributed by atoms with van der Waals surface area (Å²) >= 11 is 0. The van der Waals surface area contributed by atoms with Crippen LogP contribution in [0, 0.1) is 0 Å². The Labute approximate surface area is 88.4 Å². The van der Waals surface area contributed by atoms with Crippen molar-refractivity contribution in [2.75, 3.05) is 0 Å². The van der Waals surface area contributed by atoms with Gasteiger partial charge in [-0.15, -0.1) is 0 Å². The average molecular weight is 203 g/mol. The summed E-state index contributed by atoms with van der Waals surface area (Å²) in [6, 6.07) is 7.47. The lowest BCUT2D eigenvalue weighted by Gasteiger charge is -2.16. The maximum Gasteiger partial charge on any atom is 0.320 e. The molecule has 2 rings (SSSR count). The van der Waals surface area contributed by atoms with Crippen molar-refractivity contribution in [3.63, 3.8) is 0 Å². The Morgan fingerprint density at radius 2 is 2.20 bits per heavy atom. The fraction of sp³-hybridized carbons (Fsp3) is 0.250. The molecule has 2 N–H and O–H groups in total. The minimum atomic E-state index is -0.826. The molecule has 0 radical (unpaired) electrons. The summed E-state index contributed by atoms with van der Waals surface area (Å²) in [4.78, 5) is 10.7. The summed E-state index contributed by atoms with van der Waals surface area (Å²) in [6.45, 7) is 1.65. The first-order valence-corrected chi connectivity index (χ1v) is 4.94. The van der Waals surface area contributed by atoms with Crippen LogP contribution in [0.1, 0.15) is 24.1 Å². The minimum absolute atomic E-state index is 0.0206. The zero-order valence-electron chi connectivity index (χ0n) is 8.47. The molecular formula is C12H13NO2. The third-order valence-electron chi connectivity index (χ3n) is 2.60. The molecule has 2 atom stereocenters. The van der Waals surface area contributed by atoms with E-state index in [0.29, 0.717) is 0 Å². The van der Waals surface area contributed by atoms with Crippen LogP contribution >= 0.6 is 0 Å². The van der Waals surface area contributed by atoms with Gasteiger partial charge in [0, 0.05) is 0 Å². The van der Waals surface area contributed by atoms with Gasteiger partial charge in [-0.05, 0) is 18.1 Å². The van der Waals surface area contributed by atoms with Crippen LogP contribution in [0.15, 0.2) is 30.3 Å². The maximum absolute atomic E-state index is 10.7. The maximum atomic E-state index is 10.7. The van der Waals surface area contributed by atoms with Gasteiger partial charge < -0.3 is 5.11 Å². The Hall–Kier alpha value is -1.61. The molecule has 0 spiro atoms. The van der Waals surface area contributed by atoms with Crippen molar-refractivity contribution in [1.29, 1.82) is 0 Å². The van der Waals surface area contributed by atoms with E-state index in [4.69, 9.17) is 5.11 Å². The number of hydrogen-bond donors (Lipinski definition) is 2. The molecular weight excluding hydrogens is 190 g/mol. The van der Waals surface area contributed by atoms with E-state index in [1.807, 2.05) is 36.4 Å². The average Bonchev–Trinajstić information content (AvgIpc) is 2.62. The molecule has 3 heteroatoms. The molecule has 0 bridgehead atoms. The van der Waals surface area contributed by atoms with E-state index in [2.05, 4.69) is 5.32 Å². The van der Waals surface area contributed by atoms with E-state index in [0.717, 1.165) is 11.1 Å². The van der Waals surface area contributed by atoms with Crippen LogP contribution in [0.2, 0.25) is 0 Å². The summed E-state index contributed by atoms with van der Waals surface area (Å²) in [5, 5.41) is 11.9. The Morgan fingerprint density at radius 1 is 1.47 bits per heavy atom. The van der Waals surface area contributed by atoms with E-state index in [1.165, 1.54) is 0 Å². The van der Waals surface area contributed by atoms with Gasteiger partial charge >= 0.3 is 5.97 Å². The second-order valence-corrected chi connectivity index (χ2v) is 3.69. The van der Waals surface area contributed by atoms with Crippen LogP contribution in [0.25, 0.3) is 6.08 Å². The van der Waals surface area contributed by atoms with Crippen LogP contribution in [0.3, 0.4) is 0 Å². The molecule has 78 valence electrons. The molecule has 0 aliphatic heterocycles. The quantitative estimate of drug-likeness (QED) is 0.787. The minimum Gasteiger partial charge on any atom is -0.480 e. The molecule has 0 saturated heterocycles. The van der Waals surface area contributed by atoms with E-state index in [-0.39, 0.29) is 6.04 Å². The highest BCUT2D eigenvalue weighted by Crippen LogP contribution is 2.27. The predicted molar refractivity (Wildman–Crippen MR) is 58.5 cm³/mol. The highest BCUT2D eigenvalue weighted by molar-refractivity contribution is 5.73. The summed E-state index contributed by atoms with van der Waals surface area (Å²) in [5.41, 5.74) is 2.30. The zero-order valence-corrected chi connectivity index (χ0v) is 8.47. The Morgan fingerprint density at radius 3 is 2.93 bits per heavy atom. The number of carbonyl (C=O) groups is 1. The molecule has 1 aromatic rings. The van der Waals surface area contributed by atoms with Crippen LogP contribution in [0.5, 0.6) is 0 Å². The number of rotatable bonds is 3. The van der Waals surface area contributed by atoms with Crippen molar-refractivity contribution < 1.29 is 9.90 Å². The summed E-state index contributed by atoms with van der Waals surface area (Å²) in [7, 11) is 0. The molecule has 2 unspecified atom stereocenters.